The van der Waals surface area contributed by atoms with Crippen molar-refractivity contribution in [3.63, 3.8) is 0 Å². The van der Waals surface area contributed by atoms with Crippen LogP contribution in [0.25, 0.3) is 0 Å². The molecule has 0 spiro atoms. The first-order chi connectivity index (χ1) is 8.04. The molecular weight excluding hydrogens is 222 g/mol. The summed E-state index contributed by atoms with van der Waals surface area (Å²) < 4.78 is 6.33. The Kier molecular flexibility index (Phi) is 5.11. The Morgan fingerprint density at radius 2 is 2.41 bits per heavy atom. The molecule has 6 heteroatoms. The number of ether oxygens (including phenoxy) is 1. The lowest BCUT2D eigenvalue weighted by Gasteiger charge is -2.10. The smallest absolute Gasteiger partial charge is 0.269 e. The number of rotatable bonds is 6. The molecule has 1 unspecified atom stereocenters. The third-order valence-electron chi connectivity index (χ3n) is 2.36. The molecule has 0 aliphatic carbocycles. The molecule has 1 aromatic heterocycles. The Morgan fingerprint density at radius 3 is 2.94 bits per heavy atom. The summed E-state index contributed by atoms with van der Waals surface area (Å²) in [5.74, 6) is -0.183. The summed E-state index contributed by atoms with van der Waals surface area (Å²) >= 11 is 0. The highest BCUT2D eigenvalue weighted by molar-refractivity contribution is 5.92. The maximum absolute atomic E-state index is 11.7. The van der Waals surface area contributed by atoms with Crippen LogP contribution in [0.1, 0.15) is 22.6 Å². The maximum Gasteiger partial charge on any atom is 0.269 e. The molecule has 0 bridgehead atoms. The Morgan fingerprint density at radius 1 is 1.71 bits per heavy atom. The number of aryl methyl sites for hydroxylation is 2. The molecule has 0 aliphatic heterocycles. The van der Waals surface area contributed by atoms with Crippen LogP contribution in [0.4, 0.5) is 0 Å². The second-order valence-corrected chi connectivity index (χ2v) is 3.95. The van der Waals surface area contributed by atoms with Crippen molar-refractivity contribution in [2.75, 3.05) is 20.3 Å². The van der Waals surface area contributed by atoms with Gasteiger partial charge in [-0.05, 0) is 19.4 Å². The lowest BCUT2D eigenvalue weighted by atomic mass is 10.2. The Labute approximate surface area is 101 Å². The van der Waals surface area contributed by atoms with E-state index in [-0.39, 0.29) is 12.5 Å². The monoisotopic (exact) mass is 241 g/mol. The van der Waals surface area contributed by atoms with Gasteiger partial charge in [0, 0.05) is 20.7 Å². The van der Waals surface area contributed by atoms with Gasteiger partial charge in [-0.2, -0.15) is 5.10 Å². The fourth-order valence-electron chi connectivity index (χ4n) is 1.54. The summed E-state index contributed by atoms with van der Waals surface area (Å²) in [5.41, 5.74) is 1.32. The van der Waals surface area contributed by atoms with E-state index < -0.39 is 6.10 Å². The van der Waals surface area contributed by atoms with Crippen LogP contribution in [0.2, 0.25) is 0 Å². The molecule has 0 aromatic carbocycles. The maximum atomic E-state index is 11.7. The normalized spacial score (nSPS) is 12.5. The number of aliphatic hydroxyl groups is 1. The minimum Gasteiger partial charge on any atom is -0.391 e. The van der Waals surface area contributed by atoms with Gasteiger partial charge in [-0.15, -0.1) is 0 Å². The molecule has 0 saturated heterocycles. The summed E-state index contributed by atoms with van der Waals surface area (Å²) in [6.45, 7) is 2.52. The van der Waals surface area contributed by atoms with Gasteiger partial charge in [0.05, 0.1) is 18.4 Å². The van der Waals surface area contributed by atoms with Crippen LogP contribution in [0.3, 0.4) is 0 Å². The number of methoxy groups -OCH3 is 1. The summed E-state index contributed by atoms with van der Waals surface area (Å²) in [4.78, 5) is 11.7. The average molecular weight is 241 g/mol. The highest BCUT2D eigenvalue weighted by Crippen LogP contribution is 2.01. The van der Waals surface area contributed by atoms with Gasteiger partial charge >= 0.3 is 0 Å². The molecular formula is C11H19N3O3. The zero-order valence-electron chi connectivity index (χ0n) is 10.4. The van der Waals surface area contributed by atoms with Crippen molar-refractivity contribution < 1.29 is 14.6 Å². The van der Waals surface area contributed by atoms with Gasteiger partial charge in [-0.3, -0.25) is 9.48 Å². The number of carbonyl (C=O) groups excluding carboxylic acids is 1. The third-order valence-corrected chi connectivity index (χ3v) is 2.36. The van der Waals surface area contributed by atoms with E-state index in [2.05, 4.69) is 10.4 Å². The van der Waals surface area contributed by atoms with E-state index in [1.165, 1.54) is 11.8 Å². The minimum absolute atomic E-state index is 0.183. The average Bonchev–Trinajstić information content (AvgIpc) is 2.58. The van der Waals surface area contributed by atoms with Gasteiger partial charge < -0.3 is 15.2 Å². The van der Waals surface area contributed by atoms with Crippen molar-refractivity contribution >= 4 is 5.91 Å². The van der Waals surface area contributed by atoms with Crippen LogP contribution in [0.5, 0.6) is 0 Å². The van der Waals surface area contributed by atoms with Crippen LogP contribution in [-0.4, -0.2) is 47.2 Å². The van der Waals surface area contributed by atoms with Crippen molar-refractivity contribution in [3.8, 4) is 0 Å². The predicted molar refractivity (Wildman–Crippen MR) is 62.8 cm³/mol. The van der Waals surface area contributed by atoms with E-state index in [9.17, 15) is 9.90 Å². The number of aromatic nitrogens is 2. The fraction of sp³-hybridized carbons (Fsp3) is 0.636. The molecule has 0 fully saturated rings. The number of nitrogens with zero attached hydrogens (tertiary/aromatic N) is 2. The minimum atomic E-state index is -0.548. The number of amides is 1. The number of aliphatic hydroxyl groups excluding tert-OH is 1. The topological polar surface area (TPSA) is 76.4 Å². The predicted octanol–water partition coefficient (Wildman–Crippen LogP) is -0.144. The van der Waals surface area contributed by atoms with Gasteiger partial charge in [-0.25, -0.2) is 0 Å². The summed E-state index contributed by atoms with van der Waals surface area (Å²) in [5, 5.41) is 16.2. The van der Waals surface area contributed by atoms with Gasteiger partial charge in [0.1, 0.15) is 5.69 Å². The van der Waals surface area contributed by atoms with Crippen molar-refractivity contribution in [3.05, 3.63) is 17.5 Å². The van der Waals surface area contributed by atoms with Crippen molar-refractivity contribution in [1.82, 2.24) is 15.1 Å². The van der Waals surface area contributed by atoms with Gasteiger partial charge in [-0.1, -0.05) is 0 Å². The van der Waals surface area contributed by atoms with Crippen molar-refractivity contribution in [1.29, 1.82) is 0 Å². The van der Waals surface area contributed by atoms with Gasteiger partial charge in [0.25, 0.3) is 5.91 Å². The summed E-state index contributed by atoms with van der Waals surface area (Å²) in [6.07, 6.45) is -0.0790. The van der Waals surface area contributed by atoms with Crippen LogP contribution >= 0.6 is 0 Å². The van der Waals surface area contributed by atoms with Gasteiger partial charge in [0.2, 0.25) is 0 Å². The molecule has 17 heavy (non-hydrogen) atoms. The quantitative estimate of drug-likeness (QED) is 0.726. The van der Waals surface area contributed by atoms with E-state index in [0.29, 0.717) is 18.7 Å². The Balaban J connectivity index is 2.37. The molecule has 6 nitrogen and oxygen atoms in total. The second-order valence-electron chi connectivity index (χ2n) is 3.95. The van der Waals surface area contributed by atoms with Crippen LogP contribution < -0.4 is 5.32 Å². The molecule has 1 heterocycles. The molecule has 1 atom stereocenters. The van der Waals surface area contributed by atoms with Crippen molar-refractivity contribution in [2.24, 2.45) is 7.05 Å². The van der Waals surface area contributed by atoms with E-state index in [4.69, 9.17) is 4.74 Å². The molecule has 2 N–H and O–H groups in total. The molecule has 0 aliphatic rings. The van der Waals surface area contributed by atoms with E-state index in [1.807, 2.05) is 6.92 Å². The zero-order chi connectivity index (χ0) is 12.8. The van der Waals surface area contributed by atoms with E-state index in [0.717, 1.165) is 5.69 Å². The Hall–Kier alpha value is -1.40. The first-order valence-electron chi connectivity index (χ1n) is 5.50. The fourth-order valence-corrected chi connectivity index (χ4v) is 1.54. The standard InChI is InChI=1S/C11H19N3O3/c1-8-6-10(14(2)13-8)11(16)12-5-4-9(15)7-17-3/h6,9,15H,4-5,7H2,1-3H3,(H,12,16). The lowest BCUT2D eigenvalue weighted by Crippen LogP contribution is -2.29. The highest BCUT2D eigenvalue weighted by atomic mass is 16.5. The molecule has 0 saturated carbocycles. The van der Waals surface area contributed by atoms with Gasteiger partial charge in [0.15, 0.2) is 0 Å². The molecule has 0 radical (unpaired) electrons. The highest BCUT2D eigenvalue weighted by Gasteiger charge is 2.11. The molecule has 96 valence electrons. The third kappa shape index (κ3) is 4.16. The lowest BCUT2D eigenvalue weighted by molar-refractivity contribution is 0.0587. The summed E-state index contributed by atoms with van der Waals surface area (Å²) in [7, 11) is 3.25. The van der Waals surface area contributed by atoms with Crippen LogP contribution in [-0.2, 0) is 11.8 Å². The molecule has 1 amide bonds. The number of hydrogen-bond acceptors (Lipinski definition) is 4. The molecule has 1 aromatic rings. The number of nitrogens with one attached hydrogen (secondary N) is 1. The van der Waals surface area contributed by atoms with Crippen LogP contribution in [0.15, 0.2) is 6.07 Å². The SMILES string of the molecule is COCC(O)CCNC(=O)c1cc(C)nn1C. The Bertz CT molecular complexity index is 376. The van der Waals surface area contributed by atoms with Crippen molar-refractivity contribution in [2.45, 2.75) is 19.4 Å². The summed E-state index contributed by atoms with van der Waals surface area (Å²) in [6, 6.07) is 1.72. The van der Waals surface area contributed by atoms with Crippen LogP contribution in [0, 0.1) is 6.92 Å². The second kappa shape index (κ2) is 6.36. The number of carbonyl (C=O) groups is 1. The first kappa shape index (κ1) is 13.7. The number of hydrogen-bond donors (Lipinski definition) is 2. The zero-order valence-corrected chi connectivity index (χ0v) is 10.4. The van der Waals surface area contributed by atoms with E-state index in [1.54, 1.807) is 13.1 Å². The largest absolute Gasteiger partial charge is 0.391 e. The molecule has 1 rings (SSSR count). The first-order valence-corrected chi connectivity index (χ1v) is 5.50. The van der Waals surface area contributed by atoms with E-state index >= 15 is 0 Å².